The Hall–Kier alpha value is -1.84. The first-order valence-electron chi connectivity index (χ1n) is 8.69. The highest BCUT2D eigenvalue weighted by Gasteiger charge is 2.48. The van der Waals surface area contributed by atoms with Crippen molar-refractivity contribution in [1.29, 1.82) is 0 Å². The lowest BCUT2D eigenvalue weighted by Gasteiger charge is -2.45. The van der Waals surface area contributed by atoms with Gasteiger partial charge in [-0.15, -0.1) is 0 Å². The number of carbonyl (C=O) groups is 2. The summed E-state index contributed by atoms with van der Waals surface area (Å²) in [6.45, 7) is 3.48. The molecule has 1 aliphatic heterocycles. The van der Waals surface area contributed by atoms with E-state index in [1.165, 1.54) is 0 Å². The monoisotopic (exact) mass is 315 g/mol. The number of nitrogens with zero attached hydrogens (tertiary/aromatic N) is 1. The molecule has 23 heavy (non-hydrogen) atoms. The van der Waals surface area contributed by atoms with Crippen LogP contribution in [0.5, 0.6) is 0 Å². The van der Waals surface area contributed by atoms with Gasteiger partial charge in [-0.25, -0.2) is 0 Å². The summed E-state index contributed by atoms with van der Waals surface area (Å²) in [6.07, 6.45) is 4.61. The number of rotatable bonds is 4. The van der Waals surface area contributed by atoms with Crippen LogP contribution in [0.4, 0.5) is 0 Å². The average Bonchev–Trinajstić information content (AvgIpc) is 2.55. The zero-order chi connectivity index (χ0) is 16.3. The van der Waals surface area contributed by atoms with E-state index in [1.807, 2.05) is 30.0 Å². The summed E-state index contributed by atoms with van der Waals surface area (Å²) in [7, 11) is 0. The molecular weight excluding hydrogens is 290 g/mol. The zero-order valence-electron chi connectivity index (χ0n) is 13.8. The van der Waals surface area contributed by atoms with Crippen LogP contribution < -0.4 is 0 Å². The van der Waals surface area contributed by atoms with Crippen LogP contribution in [0.15, 0.2) is 30.3 Å². The molecule has 3 rings (SSSR count). The number of hydrogen-bond donors (Lipinski definition) is 0. The van der Waals surface area contributed by atoms with Crippen LogP contribution in [0.2, 0.25) is 0 Å². The molecule has 1 unspecified atom stereocenters. The SMILES string of the molecule is CCOC(=O)C1CCCN(C(=O)C2(c3ccccc3)CCC2)C1. The van der Waals surface area contributed by atoms with E-state index in [9.17, 15) is 9.59 Å². The Labute approximate surface area is 137 Å². The van der Waals surface area contributed by atoms with Crippen LogP contribution in [0, 0.1) is 5.92 Å². The molecule has 1 amide bonds. The summed E-state index contributed by atoms with van der Waals surface area (Å²) in [5, 5.41) is 0. The van der Waals surface area contributed by atoms with Crippen molar-refractivity contribution >= 4 is 11.9 Å². The van der Waals surface area contributed by atoms with E-state index >= 15 is 0 Å². The Morgan fingerprint density at radius 3 is 2.57 bits per heavy atom. The fraction of sp³-hybridized carbons (Fsp3) is 0.579. The lowest BCUT2D eigenvalue weighted by Crippen LogP contribution is -2.54. The predicted octanol–water partition coefficient (Wildman–Crippen LogP) is 2.91. The van der Waals surface area contributed by atoms with E-state index in [0.29, 0.717) is 13.2 Å². The van der Waals surface area contributed by atoms with Gasteiger partial charge < -0.3 is 9.64 Å². The normalized spacial score (nSPS) is 23.0. The molecule has 1 heterocycles. The van der Waals surface area contributed by atoms with Gasteiger partial charge in [-0.3, -0.25) is 9.59 Å². The first kappa shape index (κ1) is 16.0. The van der Waals surface area contributed by atoms with Gasteiger partial charge >= 0.3 is 5.97 Å². The van der Waals surface area contributed by atoms with Gasteiger partial charge in [-0.2, -0.15) is 0 Å². The molecule has 2 aliphatic rings. The molecule has 1 aliphatic carbocycles. The van der Waals surface area contributed by atoms with E-state index in [4.69, 9.17) is 4.74 Å². The minimum atomic E-state index is -0.363. The Morgan fingerprint density at radius 2 is 1.96 bits per heavy atom. The van der Waals surface area contributed by atoms with Crippen LogP contribution in [-0.4, -0.2) is 36.5 Å². The standard InChI is InChI=1S/C19H25NO3/c1-2-23-17(21)15-8-6-13-20(14-15)18(22)19(11-7-12-19)16-9-4-3-5-10-16/h3-5,9-10,15H,2,6-8,11-14H2,1H3. The Bertz CT molecular complexity index is 565. The van der Waals surface area contributed by atoms with Crippen molar-refractivity contribution in [2.45, 2.75) is 44.4 Å². The number of hydrogen-bond acceptors (Lipinski definition) is 3. The van der Waals surface area contributed by atoms with Gasteiger partial charge in [-0.1, -0.05) is 36.8 Å². The maximum absolute atomic E-state index is 13.2. The topological polar surface area (TPSA) is 46.6 Å². The molecule has 1 saturated carbocycles. The molecule has 1 saturated heterocycles. The Balaban J connectivity index is 1.75. The van der Waals surface area contributed by atoms with Gasteiger partial charge in [0.2, 0.25) is 5.91 Å². The van der Waals surface area contributed by atoms with Crippen molar-refractivity contribution in [1.82, 2.24) is 4.90 Å². The maximum Gasteiger partial charge on any atom is 0.310 e. The van der Waals surface area contributed by atoms with E-state index in [1.54, 1.807) is 0 Å². The third-order valence-electron chi connectivity index (χ3n) is 5.27. The molecule has 124 valence electrons. The largest absolute Gasteiger partial charge is 0.466 e. The summed E-state index contributed by atoms with van der Waals surface area (Å²) in [6, 6.07) is 10.1. The summed E-state index contributed by atoms with van der Waals surface area (Å²) >= 11 is 0. The van der Waals surface area contributed by atoms with Crippen LogP contribution in [0.3, 0.4) is 0 Å². The number of amides is 1. The highest BCUT2D eigenvalue weighted by molar-refractivity contribution is 5.90. The molecular formula is C19H25NO3. The molecule has 0 aromatic heterocycles. The van der Waals surface area contributed by atoms with Gasteiger partial charge in [0.05, 0.1) is 17.9 Å². The summed E-state index contributed by atoms with van der Waals surface area (Å²) in [5.41, 5.74) is 0.757. The van der Waals surface area contributed by atoms with E-state index in [2.05, 4.69) is 12.1 Å². The fourth-order valence-corrected chi connectivity index (χ4v) is 3.83. The number of piperidine rings is 1. The van der Waals surface area contributed by atoms with Crippen molar-refractivity contribution in [3.8, 4) is 0 Å². The van der Waals surface area contributed by atoms with Crippen molar-refractivity contribution in [2.24, 2.45) is 5.92 Å². The minimum Gasteiger partial charge on any atom is -0.466 e. The lowest BCUT2D eigenvalue weighted by atomic mass is 9.63. The number of ether oxygens (including phenoxy) is 1. The zero-order valence-corrected chi connectivity index (χ0v) is 13.8. The first-order chi connectivity index (χ1) is 11.2. The van der Waals surface area contributed by atoms with Crippen LogP contribution in [-0.2, 0) is 19.7 Å². The number of likely N-dealkylation sites (tertiary alicyclic amines) is 1. The molecule has 0 bridgehead atoms. The van der Waals surface area contributed by atoms with Crippen LogP contribution in [0.25, 0.3) is 0 Å². The molecule has 4 nitrogen and oxygen atoms in total. The highest BCUT2D eigenvalue weighted by Crippen LogP contribution is 2.45. The molecule has 0 N–H and O–H groups in total. The van der Waals surface area contributed by atoms with Crippen molar-refractivity contribution in [2.75, 3.05) is 19.7 Å². The Kier molecular flexibility index (Phi) is 4.69. The van der Waals surface area contributed by atoms with Crippen molar-refractivity contribution in [3.05, 3.63) is 35.9 Å². The Morgan fingerprint density at radius 1 is 1.22 bits per heavy atom. The minimum absolute atomic E-state index is 0.160. The van der Waals surface area contributed by atoms with Crippen LogP contribution in [0.1, 0.15) is 44.6 Å². The van der Waals surface area contributed by atoms with E-state index < -0.39 is 0 Å². The second-order valence-corrected chi connectivity index (χ2v) is 6.64. The summed E-state index contributed by atoms with van der Waals surface area (Å²) < 4.78 is 5.14. The smallest absolute Gasteiger partial charge is 0.310 e. The maximum atomic E-state index is 13.2. The first-order valence-corrected chi connectivity index (χ1v) is 8.69. The predicted molar refractivity (Wildman–Crippen MR) is 87.9 cm³/mol. The summed E-state index contributed by atoms with van der Waals surface area (Å²) in [4.78, 5) is 27.1. The lowest BCUT2D eigenvalue weighted by molar-refractivity contribution is -0.153. The molecule has 4 heteroatoms. The fourth-order valence-electron chi connectivity index (χ4n) is 3.83. The second-order valence-electron chi connectivity index (χ2n) is 6.64. The van der Waals surface area contributed by atoms with Gasteiger partial charge in [0.25, 0.3) is 0 Å². The molecule has 1 aromatic rings. The van der Waals surface area contributed by atoms with Gasteiger partial charge in [-0.05, 0) is 38.2 Å². The number of carbonyl (C=O) groups excluding carboxylic acids is 2. The van der Waals surface area contributed by atoms with Crippen molar-refractivity contribution in [3.63, 3.8) is 0 Å². The third-order valence-corrected chi connectivity index (χ3v) is 5.27. The molecule has 2 fully saturated rings. The molecule has 0 spiro atoms. The van der Waals surface area contributed by atoms with Gasteiger partial charge in [0.1, 0.15) is 0 Å². The van der Waals surface area contributed by atoms with Gasteiger partial charge in [0.15, 0.2) is 0 Å². The third kappa shape index (κ3) is 2.99. The summed E-state index contributed by atoms with van der Waals surface area (Å²) in [5.74, 6) is -0.128. The molecule has 1 atom stereocenters. The van der Waals surface area contributed by atoms with Crippen LogP contribution >= 0.6 is 0 Å². The second kappa shape index (κ2) is 6.73. The average molecular weight is 315 g/mol. The number of esters is 1. The van der Waals surface area contributed by atoms with E-state index in [-0.39, 0.29) is 23.2 Å². The van der Waals surface area contributed by atoms with E-state index in [0.717, 1.165) is 44.2 Å². The highest BCUT2D eigenvalue weighted by atomic mass is 16.5. The van der Waals surface area contributed by atoms with Crippen molar-refractivity contribution < 1.29 is 14.3 Å². The quantitative estimate of drug-likeness (QED) is 0.803. The molecule has 0 radical (unpaired) electrons. The molecule has 1 aromatic carbocycles. The number of benzene rings is 1. The van der Waals surface area contributed by atoms with Gasteiger partial charge in [0, 0.05) is 13.1 Å².